The minimum absolute atomic E-state index is 0.0391. The first-order valence-corrected chi connectivity index (χ1v) is 7.99. The van der Waals surface area contributed by atoms with Gasteiger partial charge in [0.05, 0.1) is 4.92 Å². The van der Waals surface area contributed by atoms with E-state index >= 15 is 0 Å². The lowest BCUT2D eigenvalue weighted by Crippen LogP contribution is -2.29. The van der Waals surface area contributed by atoms with Crippen LogP contribution in [0.5, 0.6) is 0 Å². The van der Waals surface area contributed by atoms with Crippen molar-refractivity contribution in [3.8, 4) is 0 Å². The molecule has 7 nitrogen and oxygen atoms in total. The van der Waals surface area contributed by atoms with Crippen LogP contribution in [-0.2, 0) is 4.79 Å². The molecule has 2 rings (SSSR count). The van der Waals surface area contributed by atoms with E-state index < -0.39 is 4.92 Å². The van der Waals surface area contributed by atoms with Crippen LogP contribution < -0.4 is 10.6 Å². The van der Waals surface area contributed by atoms with Gasteiger partial charge in [-0.2, -0.15) is 0 Å². The highest BCUT2D eigenvalue weighted by atomic mass is 16.6. The summed E-state index contributed by atoms with van der Waals surface area (Å²) in [6.07, 6.45) is 2.78. The van der Waals surface area contributed by atoms with Gasteiger partial charge in [-0.3, -0.25) is 19.7 Å². The van der Waals surface area contributed by atoms with Gasteiger partial charge in [-0.1, -0.05) is 12.1 Å². The molecule has 2 amide bonds. The van der Waals surface area contributed by atoms with Crippen LogP contribution in [0.3, 0.4) is 0 Å². The van der Waals surface area contributed by atoms with Crippen LogP contribution in [0, 0.1) is 10.1 Å². The molecule has 0 saturated carbocycles. The average Bonchev–Trinajstić information content (AvgIpc) is 2.60. The predicted octanol–water partition coefficient (Wildman–Crippen LogP) is 3.38. The van der Waals surface area contributed by atoms with E-state index in [1.54, 1.807) is 36.4 Å². The van der Waals surface area contributed by atoms with Crippen LogP contribution in [0.4, 0.5) is 11.4 Å². The Labute approximate surface area is 150 Å². The molecule has 134 valence electrons. The van der Waals surface area contributed by atoms with Gasteiger partial charge in [0.15, 0.2) is 0 Å². The molecular formula is C19H19N3O4. The van der Waals surface area contributed by atoms with E-state index in [0.29, 0.717) is 16.8 Å². The van der Waals surface area contributed by atoms with E-state index in [-0.39, 0.29) is 23.5 Å². The van der Waals surface area contributed by atoms with Gasteiger partial charge in [0.2, 0.25) is 5.91 Å². The number of hydrogen-bond acceptors (Lipinski definition) is 4. The number of nitro benzene ring substituents is 1. The van der Waals surface area contributed by atoms with Gasteiger partial charge in [0, 0.05) is 35.5 Å². The molecule has 0 aromatic heterocycles. The number of hydrogen-bond donors (Lipinski definition) is 2. The van der Waals surface area contributed by atoms with Crippen LogP contribution in [0.2, 0.25) is 0 Å². The van der Waals surface area contributed by atoms with E-state index in [4.69, 9.17) is 0 Å². The standard InChI is InChI=1S/C19H19N3O4/c1-13(2)20-19(24)15-7-9-16(10-8-15)21-18(23)11-6-14-4-3-5-17(12-14)22(25)26/h3-13H,1-2H3,(H,20,24)(H,21,23)/b11-6+. The molecule has 2 N–H and O–H groups in total. The summed E-state index contributed by atoms with van der Waals surface area (Å²) in [4.78, 5) is 34.1. The Bertz CT molecular complexity index is 842. The van der Waals surface area contributed by atoms with Crippen LogP contribution in [-0.4, -0.2) is 22.8 Å². The van der Waals surface area contributed by atoms with Gasteiger partial charge in [0.1, 0.15) is 0 Å². The van der Waals surface area contributed by atoms with Gasteiger partial charge in [0.25, 0.3) is 11.6 Å². The number of amides is 2. The molecule has 0 atom stereocenters. The lowest BCUT2D eigenvalue weighted by molar-refractivity contribution is -0.384. The minimum atomic E-state index is -0.492. The van der Waals surface area contributed by atoms with E-state index in [2.05, 4.69) is 10.6 Å². The second-order valence-electron chi connectivity index (χ2n) is 5.88. The summed E-state index contributed by atoms with van der Waals surface area (Å²) in [5.74, 6) is -0.556. The summed E-state index contributed by atoms with van der Waals surface area (Å²) in [6.45, 7) is 3.75. The van der Waals surface area contributed by atoms with Crippen molar-refractivity contribution in [2.45, 2.75) is 19.9 Å². The van der Waals surface area contributed by atoms with E-state index in [9.17, 15) is 19.7 Å². The molecule has 0 bridgehead atoms. The van der Waals surface area contributed by atoms with Gasteiger partial charge < -0.3 is 10.6 Å². The predicted molar refractivity (Wildman–Crippen MR) is 99.8 cm³/mol. The molecule has 0 aliphatic heterocycles. The third kappa shape index (κ3) is 5.55. The van der Waals surface area contributed by atoms with Gasteiger partial charge in [-0.15, -0.1) is 0 Å². The van der Waals surface area contributed by atoms with Crippen molar-refractivity contribution in [1.29, 1.82) is 0 Å². The Balaban J connectivity index is 1.98. The Morgan fingerprint density at radius 2 is 1.81 bits per heavy atom. The number of nitrogens with zero attached hydrogens (tertiary/aromatic N) is 1. The van der Waals surface area contributed by atoms with Crippen molar-refractivity contribution in [3.05, 3.63) is 75.8 Å². The number of nitrogens with one attached hydrogen (secondary N) is 2. The number of nitro groups is 1. The quantitative estimate of drug-likeness (QED) is 0.472. The lowest BCUT2D eigenvalue weighted by Gasteiger charge is -2.09. The molecule has 0 spiro atoms. The molecule has 0 radical (unpaired) electrons. The fourth-order valence-electron chi connectivity index (χ4n) is 2.15. The van der Waals surface area contributed by atoms with Crippen molar-refractivity contribution < 1.29 is 14.5 Å². The summed E-state index contributed by atoms with van der Waals surface area (Å²) in [6, 6.07) is 12.5. The largest absolute Gasteiger partial charge is 0.350 e. The van der Waals surface area contributed by atoms with Gasteiger partial charge in [-0.05, 0) is 49.8 Å². The number of carbonyl (C=O) groups is 2. The highest BCUT2D eigenvalue weighted by Crippen LogP contribution is 2.14. The molecular weight excluding hydrogens is 334 g/mol. The molecule has 2 aromatic rings. The van der Waals surface area contributed by atoms with E-state index in [0.717, 1.165) is 0 Å². The molecule has 0 unspecified atom stereocenters. The molecule has 2 aromatic carbocycles. The first-order valence-electron chi connectivity index (χ1n) is 7.99. The first-order chi connectivity index (χ1) is 12.3. The zero-order valence-corrected chi connectivity index (χ0v) is 14.4. The Kier molecular flexibility index (Phi) is 6.21. The third-order valence-corrected chi connectivity index (χ3v) is 3.34. The highest BCUT2D eigenvalue weighted by Gasteiger charge is 2.07. The normalized spacial score (nSPS) is 10.7. The number of anilines is 1. The zero-order valence-electron chi connectivity index (χ0n) is 14.4. The molecule has 0 aliphatic rings. The Hall–Kier alpha value is -3.48. The summed E-state index contributed by atoms with van der Waals surface area (Å²) in [5.41, 5.74) is 1.56. The van der Waals surface area contributed by atoms with Crippen molar-refractivity contribution in [1.82, 2.24) is 5.32 Å². The van der Waals surface area contributed by atoms with Crippen molar-refractivity contribution in [2.24, 2.45) is 0 Å². The molecule has 7 heteroatoms. The molecule has 0 fully saturated rings. The fourth-order valence-corrected chi connectivity index (χ4v) is 2.15. The molecule has 0 aliphatic carbocycles. The second-order valence-corrected chi connectivity index (χ2v) is 5.88. The number of non-ortho nitro benzene ring substituents is 1. The smallest absolute Gasteiger partial charge is 0.270 e. The highest BCUT2D eigenvalue weighted by molar-refractivity contribution is 6.02. The first kappa shape index (κ1) is 18.9. The average molecular weight is 353 g/mol. The number of carbonyl (C=O) groups excluding carboxylic acids is 2. The topological polar surface area (TPSA) is 101 Å². The monoisotopic (exact) mass is 353 g/mol. The Morgan fingerprint density at radius 1 is 1.12 bits per heavy atom. The van der Waals surface area contributed by atoms with Gasteiger partial charge in [-0.25, -0.2) is 0 Å². The van der Waals surface area contributed by atoms with Crippen LogP contribution in [0.1, 0.15) is 29.8 Å². The summed E-state index contributed by atoms with van der Waals surface area (Å²) in [5, 5.41) is 16.2. The van der Waals surface area contributed by atoms with Crippen LogP contribution in [0.15, 0.2) is 54.6 Å². The minimum Gasteiger partial charge on any atom is -0.350 e. The van der Waals surface area contributed by atoms with Gasteiger partial charge >= 0.3 is 0 Å². The van der Waals surface area contributed by atoms with Crippen molar-refractivity contribution in [2.75, 3.05) is 5.32 Å². The number of benzene rings is 2. The lowest BCUT2D eigenvalue weighted by atomic mass is 10.1. The third-order valence-electron chi connectivity index (χ3n) is 3.34. The van der Waals surface area contributed by atoms with E-state index in [1.165, 1.54) is 24.3 Å². The zero-order chi connectivity index (χ0) is 19.1. The number of rotatable bonds is 6. The maximum absolute atomic E-state index is 12.0. The van der Waals surface area contributed by atoms with Crippen LogP contribution >= 0.6 is 0 Å². The Morgan fingerprint density at radius 3 is 2.42 bits per heavy atom. The maximum atomic E-state index is 12.0. The summed E-state index contributed by atoms with van der Waals surface area (Å²) < 4.78 is 0. The van der Waals surface area contributed by atoms with E-state index in [1.807, 2.05) is 13.8 Å². The molecule has 0 heterocycles. The van der Waals surface area contributed by atoms with Crippen LogP contribution in [0.25, 0.3) is 6.08 Å². The summed E-state index contributed by atoms with van der Waals surface area (Å²) in [7, 11) is 0. The fraction of sp³-hybridized carbons (Fsp3) is 0.158. The SMILES string of the molecule is CC(C)NC(=O)c1ccc(NC(=O)/C=C/c2cccc([N+](=O)[O-])c2)cc1. The molecule has 26 heavy (non-hydrogen) atoms. The second kappa shape index (κ2) is 8.57. The maximum Gasteiger partial charge on any atom is 0.270 e. The van der Waals surface area contributed by atoms with Crippen molar-refractivity contribution in [3.63, 3.8) is 0 Å². The van der Waals surface area contributed by atoms with Crippen molar-refractivity contribution >= 4 is 29.3 Å². The summed E-state index contributed by atoms with van der Waals surface area (Å²) >= 11 is 0. The molecule has 0 saturated heterocycles.